The highest BCUT2D eigenvalue weighted by Gasteiger charge is 2.52. The van der Waals surface area contributed by atoms with Crippen molar-refractivity contribution >= 4 is 34.3 Å². The maximum atomic E-state index is 14.7. The van der Waals surface area contributed by atoms with Crippen LogP contribution in [0.2, 0.25) is 5.02 Å². The van der Waals surface area contributed by atoms with Gasteiger partial charge in [0, 0.05) is 28.5 Å². The molecule has 200 valence electrons. The van der Waals surface area contributed by atoms with Gasteiger partial charge in [-0.15, -0.1) is 0 Å². The topological polar surface area (TPSA) is 54.3 Å². The summed E-state index contributed by atoms with van der Waals surface area (Å²) in [7, 11) is 0. The highest BCUT2D eigenvalue weighted by molar-refractivity contribution is 6.30. The van der Waals surface area contributed by atoms with Gasteiger partial charge in [0.25, 0.3) is 11.8 Å². The van der Waals surface area contributed by atoms with Crippen molar-refractivity contribution in [2.24, 2.45) is 0 Å². The number of aromatic nitrogens is 1. The molecule has 1 aliphatic carbocycles. The molecule has 39 heavy (non-hydrogen) atoms. The van der Waals surface area contributed by atoms with Crippen molar-refractivity contribution < 1.29 is 9.59 Å². The molecule has 3 aromatic carbocycles. The van der Waals surface area contributed by atoms with Gasteiger partial charge in [-0.1, -0.05) is 104 Å². The van der Waals surface area contributed by atoms with Gasteiger partial charge in [0.2, 0.25) is 0 Å². The lowest BCUT2D eigenvalue weighted by Gasteiger charge is -2.47. The van der Waals surface area contributed by atoms with Crippen LogP contribution in [0.15, 0.2) is 84.9 Å². The molecule has 0 radical (unpaired) electrons. The van der Waals surface area contributed by atoms with Crippen LogP contribution >= 0.6 is 11.6 Å². The molecule has 1 fully saturated rings. The predicted molar refractivity (Wildman–Crippen MR) is 156 cm³/mol. The standard InChI is InChI=1S/C33H34ClN3O2/c34-27-16-11-12-24(20-27)22-37-31(38)30-21-25-13-9-10-19-29(25)36(30)23-33(37,26-14-5-4-6-15-26)32(39)35-28-17-7-2-1-3-8-18-28/h4-6,9-16,19-21,28H,1-3,7-8,17-18,22-23H2,(H,35,39)/t33-/m0/s1. The van der Waals surface area contributed by atoms with Crippen molar-refractivity contribution in [3.05, 3.63) is 107 Å². The lowest BCUT2D eigenvalue weighted by Crippen LogP contribution is -2.64. The number of hydrogen-bond donors (Lipinski definition) is 1. The molecule has 0 unspecified atom stereocenters. The molecule has 2 heterocycles. The first-order chi connectivity index (χ1) is 19.1. The summed E-state index contributed by atoms with van der Waals surface area (Å²) in [6, 6.07) is 27.4. The summed E-state index contributed by atoms with van der Waals surface area (Å²) in [5.41, 5.74) is 2.04. The molecular weight excluding hydrogens is 506 g/mol. The van der Waals surface area contributed by atoms with E-state index in [1.807, 2.05) is 89.5 Å². The van der Waals surface area contributed by atoms with Gasteiger partial charge in [-0.25, -0.2) is 0 Å². The number of benzene rings is 3. The number of carbonyl (C=O) groups excluding carboxylic acids is 2. The van der Waals surface area contributed by atoms with Crippen LogP contribution < -0.4 is 5.32 Å². The Morgan fingerprint density at radius 2 is 1.59 bits per heavy atom. The molecule has 1 aliphatic heterocycles. The summed E-state index contributed by atoms with van der Waals surface area (Å²) in [5.74, 6) is -0.271. The number of halogens is 1. The summed E-state index contributed by atoms with van der Waals surface area (Å²) >= 11 is 6.35. The zero-order chi connectivity index (χ0) is 26.8. The van der Waals surface area contributed by atoms with Gasteiger partial charge in [0.1, 0.15) is 5.69 Å². The second-order valence-corrected chi connectivity index (χ2v) is 11.4. The molecule has 2 amide bonds. The molecule has 0 spiro atoms. The Kier molecular flexibility index (Phi) is 7.18. The lowest BCUT2D eigenvalue weighted by molar-refractivity contribution is -0.136. The number of rotatable bonds is 5. The molecular formula is C33H34ClN3O2. The first-order valence-corrected chi connectivity index (χ1v) is 14.5. The number of nitrogens with one attached hydrogen (secondary N) is 1. The quantitative estimate of drug-likeness (QED) is 0.295. The number of amides is 2. The Morgan fingerprint density at radius 1 is 0.872 bits per heavy atom. The molecule has 5 nitrogen and oxygen atoms in total. The predicted octanol–water partition coefficient (Wildman–Crippen LogP) is 7.08. The molecule has 6 heteroatoms. The normalized spacial score (nSPS) is 20.3. The average molecular weight is 540 g/mol. The van der Waals surface area contributed by atoms with Gasteiger partial charge >= 0.3 is 0 Å². The van der Waals surface area contributed by atoms with E-state index in [9.17, 15) is 9.59 Å². The number of para-hydroxylation sites is 1. The summed E-state index contributed by atoms with van der Waals surface area (Å²) in [5, 5.41) is 5.04. The van der Waals surface area contributed by atoms with Crippen LogP contribution in [0, 0.1) is 0 Å². The van der Waals surface area contributed by atoms with Gasteiger partial charge in [-0.05, 0) is 48.2 Å². The zero-order valence-electron chi connectivity index (χ0n) is 22.1. The summed E-state index contributed by atoms with van der Waals surface area (Å²) in [4.78, 5) is 31.0. The highest BCUT2D eigenvalue weighted by atomic mass is 35.5. The summed E-state index contributed by atoms with van der Waals surface area (Å²) in [6.07, 6.45) is 7.83. The average Bonchev–Trinajstić information content (AvgIpc) is 3.31. The van der Waals surface area contributed by atoms with Crippen LogP contribution in [-0.2, 0) is 23.4 Å². The fourth-order valence-electron chi connectivity index (χ4n) is 6.40. The van der Waals surface area contributed by atoms with Gasteiger partial charge < -0.3 is 14.8 Å². The smallest absolute Gasteiger partial charge is 0.272 e. The molecule has 0 saturated heterocycles. The van der Waals surface area contributed by atoms with Gasteiger partial charge in [-0.2, -0.15) is 0 Å². The van der Waals surface area contributed by atoms with Crippen molar-refractivity contribution in [1.82, 2.24) is 14.8 Å². The Balaban J connectivity index is 1.51. The molecule has 2 aliphatic rings. The third kappa shape index (κ3) is 4.85. The SMILES string of the molecule is O=C1c2cc3ccccc3n2C[C@@](C(=O)NC2CCCCCCC2)(c2ccccc2)N1Cc1cccc(Cl)c1. The molecule has 1 aromatic heterocycles. The first kappa shape index (κ1) is 25.7. The minimum absolute atomic E-state index is 0.101. The molecule has 0 bridgehead atoms. The van der Waals surface area contributed by atoms with E-state index in [0.29, 0.717) is 17.3 Å². The van der Waals surface area contributed by atoms with Crippen LogP contribution in [0.5, 0.6) is 0 Å². The van der Waals surface area contributed by atoms with Crippen LogP contribution in [0.4, 0.5) is 0 Å². The summed E-state index contributed by atoms with van der Waals surface area (Å²) in [6.45, 7) is 0.610. The van der Waals surface area contributed by atoms with E-state index in [-0.39, 0.29) is 24.4 Å². The largest absolute Gasteiger partial charge is 0.351 e. The van der Waals surface area contributed by atoms with Crippen molar-refractivity contribution in [2.45, 2.75) is 69.6 Å². The Hall–Kier alpha value is -3.57. The number of hydrogen-bond acceptors (Lipinski definition) is 2. The monoisotopic (exact) mass is 539 g/mol. The van der Waals surface area contributed by atoms with E-state index < -0.39 is 5.54 Å². The van der Waals surface area contributed by atoms with Crippen LogP contribution in [0.25, 0.3) is 10.9 Å². The minimum atomic E-state index is -1.22. The van der Waals surface area contributed by atoms with E-state index >= 15 is 0 Å². The number of carbonyl (C=O) groups is 2. The Bertz CT molecular complexity index is 1490. The van der Waals surface area contributed by atoms with Crippen molar-refractivity contribution in [2.75, 3.05) is 0 Å². The van der Waals surface area contributed by atoms with Crippen molar-refractivity contribution in [3.63, 3.8) is 0 Å². The van der Waals surface area contributed by atoms with Gasteiger partial charge in [0.15, 0.2) is 5.54 Å². The van der Waals surface area contributed by atoms with Gasteiger partial charge in [-0.3, -0.25) is 9.59 Å². The molecule has 6 rings (SSSR count). The van der Waals surface area contributed by atoms with E-state index in [1.54, 1.807) is 4.90 Å². The van der Waals surface area contributed by atoms with Crippen LogP contribution in [0.3, 0.4) is 0 Å². The maximum absolute atomic E-state index is 14.7. The number of fused-ring (bicyclic) bond motifs is 3. The Labute approximate surface area is 234 Å². The second kappa shape index (κ2) is 10.9. The fourth-order valence-corrected chi connectivity index (χ4v) is 6.61. The van der Waals surface area contributed by atoms with Crippen molar-refractivity contribution in [1.29, 1.82) is 0 Å². The molecule has 1 atom stereocenters. The minimum Gasteiger partial charge on any atom is -0.351 e. The molecule has 4 aromatic rings. The van der Waals surface area contributed by atoms with Crippen LogP contribution in [0.1, 0.15) is 66.6 Å². The summed E-state index contributed by atoms with van der Waals surface area (Å²) < 4.78 is 2.04. The fraction of sp³-hybridized carbons (Fsp3) is 0.333. The highest BCUT2D eigenvalue weighted by Crippen LogP contribution is 2.40. The van der Waals surface area contributed by atoms with Crippen LogP contribution in [-0.4, -0.2) is 27.3 Å². The lowest BCUT2D eigenvalue weighted by atomic mass is 9.83. The van der Waals surface area contributed by atoms with E-state index in [0.717, 1.165) is 47.7 Å². The number of nitrogens with zero attached hydrogens (tertiary/aromatic N) is 2. The van der Waals surface area contributed by atoms with Gasteiger partial charge in [0.05, 0.1) is 6.54 Å². The maximum Gasteiger partial charge on any atom is 0.272 e. The molecule has 1 N–H and O–H groups in total. The van der Waals surface area contributed by atoms with Crippen molar-refractivity contribution in [3.8, 4) is 0 Å². The third-order valence-corrected chi connectivity index (χ3v) is 8.65. The molecule has 1 saturated carbocycles. The third-order valence-electron chi connectivity index (χ3n) is 8.42. The van der Waals surface area contributed by atoms with E-state index in [1.165, 1.54) is 19.3 Å². The zero-order valence-corrected chi connectivity index (χ0v) is 22.9. The van der Waals surface area contributed by atoms with E-state index in [2.05, 4.69) is 5.32 Å². The second-order valence-electron chi connectivity index (χ2n) is 10.9. The first-order valence-electron chi connectivity index (χ1n) is 14.1. The Morgan fingerprint density at radius 3 is 2.36 bits per heavy atom. The van der Waals surface area contributed by atoms with E-state index in [4.69, 9.17) is 11.6 Å².